The third-order valence-corrected chi connectivity index (χ3v) is 5.19. The highest BCUT2D eigenvalue weighted by Crippen LogP contribution is 2.30. The second-order valence-electron chi connectivity index (χ2n) is 7.31. The first-order valence-corrected chi connectivity index (χ1v) is 10.1. The molecule has 0 radical (unpaired) electrons. The maximum absolute atomic E-state index is 12.5. The minimum Gasteiger partial charge on any atom is -0.485 e. The topological polar surface area (TPSA) is 64.9 Å². The molecule has 4 aromatic rings. The van der Waals surface area contributed by atoms with Crippen LogP contribution in [0.4, 0.5) is 0 Å². The molecule has 3 aromatic carbocycles. The summed E-state index contributed by atoms with van der Waals surface area (Å²) in [7, 11) is 0. The molecule has 0 spiro atoms. The summed E-state index contributed by atoms with van der Waals surface area (Å²) in [6, 6.07) is 25.7. The number of nitrogens with zero attached hydrogens (tertiary/aromatic N) is 2. The fourth-order valence-corrected chi connectivity index (χ4v) is 3.68. The van der Waals surface area contributed by atoms with Gasteiger partial charge in [-0.1, -0.05) is 60.7 Å². The summed E-state index contributed by atoms with van der Waals surface area (Å²) in [5.41, 5.74) is 5.83. The van der Waals surface area contributed by atoms with Crippen molar-refractivity contribution in [2.75, 3.05) is 6.61 Å². The van der Waals surface area contributed by atoms with E-state index in [2.05, 4.69) is 39.4 Å². The average molecular weight is 411 g/mol. The van der Waals surface area contributed by atoms with Gasteiger partial charge in [0.05, 0.1) is 6.21 Å². The van der Waals surface area contributed by atoms with E-state index < -0.39 is 6.10 Å². The van der Waals surface area contributed by atoms with Gasteiger partial charge >= 0.3 is 0 Å². The molecular formula is C25H21N3O3. The number of carbonyl (C=O) groups is 1. The van der Waals surface area contributed by atoms with E-state index in [1.807, 2.05) is 54.7 Å². The number of rotatable bonds is 5. The Labute approximate surface area is 179 Å². The third-order valence-electron chi connectivity index (χ3n) is 5.19. The van der Waals surface area contributed by atoms with Crippen LogP contribution >= 0.6 is 0 Å². The van der Waals surface area contributed by atoms with Crippen molar-refractivity contribution in [2.24, 2.45) is 5.10 Å². The van der Waals surface area contributed by atoms with Crippen molar-refractivity contribution < 1.29 is 14.3 Å². The molecule has 1 atom stereocenters. The van der Waals surface area contributed by atoms with Gasteiger partial charge in [0, 0.05) is 29.2 Å². The fourth-order valence-electron chi connectivity index (χ4n) is 3.68. The fraction of sp³-hybridized carbons (Fsp3) is 0.120. The Morgan fingerprint density at radius 3 is 2.61 bits per heavy atom. The van der Waals surface area contributed by atoms with Gasteiger partial charge in [-0.15, -0.1) is 0 Å². The monoisotopic (exact) mass is 411 g/mol. The standard InChI is InChI=1S/C25H21N3O3/c29-25(24-17-30-22-12-6-7-13-23(22)31-24)27-26-14-19-16-28(15-18-8-2-1-3-9-18)21-11-5-4-10-20(19)21/h1-14,16,24H,15,17H2,(H,27,29)/b26-14+. The molecule has 1 aliphatic rings. The molecule has 0 saturated heterocycles. The van der Waals surface area contributed by atoms with Crippen molar-refractivity contribution in [1.29, 1.82) is 0 Å². The van der Waals surface area contributed by atoms with E-state index in [9.17, 15) is 4.79 Å². The molecule has 0 saturated carbocycles. The van der Waals surface area contributed by atoms with Crippen molar-refractivity contribution in [2.45, 2.75) is 12.6 Å². The Morgan fingerprint density at radius 2 is 1.74 bits per heavy atom. The van der Waals surface area contributed by atoms with Crippen LogP contribution in [-0.4, -0.2) is 29.4 Å². The van der Waals surface area contributed by atoms with Crippen LogP contribution in [0.3, 0.4) is 0 Å². The first kappa shape index (κ1) is 18.9. The van der Waals surface area contributed by atoms with Gasteiger partial charge in [0.15, 0.2) is 11.5 Å². The molecule has 5 rings (SSSR count). The third kappa shape index (κ3) is 4.00. The van der Waals surface area contributed by atoms with Crippen molar-refractivity contribution in [3.63, 3.8) is 0 Å². The van der Waals surface area contributed by atoms with Crippen molar-refractivity contribution in [1.82, 2.24) is 9.99 Å². The highest BCUT2D eigenvalue weighted by atomic mass is 16.6. The highest BCUT2D eigenvalue weighted by molar-refractivity contribution is 5.99. The smallest absolute Gasteiger partial charge is 0.284 e. The second-order valence-corrected chi connectivity index (χ2v) is 7.31. The lowest BCUT2D eigenvalue weighted by Crippen LogP contribution is -2.42. The van der Waals surface area contributed by atoms with Crippen molar-refractivity contribution in [3.05, 3.63) is 96.2 Å². The normalized spacial score (nSPS) is 15.3. The number of fused-ring (bicyclic) bond motifs is 2. The SMILES string of the molecule is O=C(N/N=C/c1cn(Cc2ccccc2)c2ccccc12)C1COc2ccccc2O1. The van der Waals surface area contributed by atoms with E-state index in [-0.39, 0.29) is 12.5 Å². The molecule has 2 heterocycles. The van der Waals surface area contributed by atoms with Crippen molar-refractivity contribution in [3.8, 4) is 11.5 Å². The molecule has 6 nitrogen and oxygen atoms in total. The Balaban J connectivity index is 1.31. The second kappa shape index (κ2) is 8.36. The Morgan fingerprint density at radius 1 is 1.00 bits per heavy atom. The van der Waals surface area contributed by atoms with Crippen LogP contribution in [0.1, 0.15) is 11.1 Å². The molecule has 0 fully saturated rings. The van der Waals surface area contributed by atoms with Gasteiger partial charge in [-0.3, -0.25) is 4.79 Å². The molecular weight excluding hydrogens is 390 g/mol. The quantitative estimate of drug-likeness (QED) is 0.399. The van der Waals surface area contributed by atoms with Crippen LogP contribution in [0.5, 0.6) is 11.5 Å². The minimum atomic E-state index is -0.744. The van der Waals surface area contributed by atoms with E-state index >= 15 is 0 Å². The lowest BCUT2D eigenvalue weighted by atomic mass is 10.2. The van der Waals surface area contributed by atoms with Crippen molar-refractivity contribution >= 4 is 23.0 Å². The predicted molar refractivity (Wildman–Crippen MR) is 120 cm³/mol. The number of ether oxygens (including phenoxy) is 2. The van der Waals surface area contributed by atoms with Crippen LogP contribution in [0.2, 0.25) is 0 Å². The molecule has 1 aliphatic heterocycles. The largest absolute Gasteiger partial charge is 0.485 e. The molecule has 6 heteroatoms. The molecule has 31 heavy (non-hydrogen) atoms. The average Bonchev–Trinajstić information content (AvgIpc) is 3.17. The van der Waals surface area contributed by atoms with Crippen LogP contribution in [0.25, 0.3) is 10.9 Å². The number of hydrogen-bond donors (Lipinski definition) is 1. The highest BCUT2D eigenvalue weighted by Gasteiger charge is 2.27. The summed E-state index contributed by atoms with van der Waals surface area (Å²) in [5, 5.41) is 5.24. The summed E-state index contributed by atoms with van der Waals surface area (Å²) in [5.74, 6) is 0.849. The number of benzene rings is 3. The lowest BCUT2D eigenvalue weighted by Gasteiger charge is -2.24. The minimum absolute atomic E-state index is 0.148. The van der Waals surface area contributed by atoms with E-state index in [0.717, 1.165) is 23.0 Å². The van der Waals surface area contributed by atoms with Crippen LogP contribution in [0.15, 0.2) is 90.2 Å². The number of amides is 1. The maximum Gasteiger partial charge on any atom is 0.284 e. The molecule has 1 unspecified atom stereocenters. The molecule has 1 aromatic heterocycles. The Kier molecular flexibility index (Phi) is 5.10. The number of nitrogens with one attached hydrogen (secondary N) is 1. The first-order chi connectivity index (χ1) is 15.3. The number of aromatic nitrogens is 1. The predicted octanol–water partition coefficient (Wildman–Crippen LogP) is 3.98. The summed E-state index contributed by atoms with van der Waals surface area (Å²) in [4.78, 5) is 12.5. The van der Waals surface area contributed by atoms with E-state index in [1.165, 1.54) is 5.56 Å². The molecule has 1 N–H and O–H groups in total. The Bertz CT molecular complexity index is 1250. The van der Waals surface area contributed by atoms with Crippen LogP contribution in [0, 0.1) is 0 Å². The zero-order chi connectivity index (χ0) is 21.0. The summed E-state index contributed by atoms with van der Waals surface area (Å²) < 4.78 is 13.5. The van der Waals surface area contributed by atoms with E-state index in [0.29, 0.717) is 11.5 Å². The van der Waals surface area contributed by atoms with Gasteiger partial charge in [0.25, 0.3) is 5.91 Å². The number of hydrogen-bond acceptors (Lipinski definition) is 4. The zero-order valence-electron chi connectivity index (χ0n) is 16.8. The van der Waals surface area contributed by atoms with Gasteiger partial charge in [-0.2, -0.15) is 5.10 Å². The molecule has 0 bridgehead atoms. The molecule has 154 valence electrons. The van der Waals surface area contributed by atoms with Gasteiger partial charge < -0.3 is 14.0 Å². The number of hydrazone groups is 1. The van der Waals surface area contributed by atoms with Crippen LogP contribution < -0.4 is 14.9 Å². The van der Waals surface area contributed by atoms with Gasteiger partial charge in [-0.25, -0.2) is 5.43 Å². The van der Waals surface area contributed by atoms with Crippen LogP contribution in [-0.2, 0) is 11.3 Å². The summed E-state index contributed by atoms with van der Waals surface area (Å²) in [6.45, 7) is 0.906. The van der Waals surface area contributed by atoms with Gasteiger partial charge in [0.1, 0.15) is 6.61 Å². The number of para-hydroxylation sites is 3. The van der Waals surface area contributed by atoms with E-state index in [4.69, 9.17) is 9.47 Å². The van der Waals surface area contributed by atoms with Gasteiger partial charge in [-0.05, 0) is 23.8 Å². The summed E-state index contributed by atoms with van der Waals surface area (Å²) in [6.07, 6.45) is 2.97. The lowest BCUT2D eigenvalue weighted by molar-refractivity contribution is -0.130. The zero-order valence-corrected chi connectivity index (χ0v) is 16.8. The van der Waals surface area contributed by atoms with E-state index in [1.54, 1.807) is 12.3 Å². The Hall–Kier alpha value is -4.06. The number of carbonyl (C=O) groups excluding carboxylic acids is 1. The molecule has 1 amide bonds. The van der Waals surface area contributed by atoms with Gasteiger partial charge in [0.2, 0.25) is 6.10 Å². The summed E-state index contributed by atoms with van der Waals surface area (Å²) >= 11 is 0. The molecule has 0 aliphatic carbocycles. The first-order valence-electron chi connectivity index (χ1n) is 10.1. The maximum atomic E-state index is 12.5.